The first-order valence-electron chi connectivity index (χ1n) is 9.92. The summed E-state index contributed by atoms with van der Waals surface area (Å²) in [7, 11) is 0. The van der Waals surface area contributed by atoms with Crippen molar-refractivity contribution in [2.45, 2.75) is 19.9 Å². The summed E-state index contributed by atoms with van der Waals surface area (Å²) in [5, 5.41) is 6.23. The van der Waals surface area contributed by atoms with Gasteiger partial charge in [-0.05, 0) is 47.9 Å². The zero-order valence-corrected chi connectivity index (χ0v) is 17.7. The van der Waals surface area contributed by atoms with Crippen molar-refractivity contribution in [1.29, 1.82) is 0 Å². The van der Waals surface area contributed by atoms with Crippen molar-refractivity contribution >= 4 is 45.9 Å². The van der Waals surface area contributed by atoms with Crippen LogP contribution in [0.3, 0.4) is 0 Å². The van der Waals surface area contributed by atoms with Crippen LogP contribution in [0.25, 0.3) is 11.2 Å². The van der Waals surface area contributed by atoms with Gasteiger partial charge < -0.3 is 20.9 Å². The molecule has 4 aromatic rings. The van der Waals surface area contributed by atoms with Gasteiger partial charge in [-0.25, -0.2) is 4.98 Å². The zero-order valence-electron chi connectivity index (χ0n) is 17.0. The van der Waals surface area contributed by atoms with Gasteiger partial charge >= 0.3 is 0 Å². The van der Waals surface area contributed by atoms with Gasteiger partial charge in [0.25, 0.3) is 5.91 Å². The number of anilines is 3. The number of amides is 1. The Morgan fingerprint density at radius 1 is 1.13 bits per heavy atom. The van der Waals surface area contributed by atoms with Gasteiger partial charge in [0.2, 0.25) is 5.28 Å². The maximum atomic E-state index is 12.5. The minimum absolute atomic E-state index is 0.167. The molecule has 0 saturated heterocycles. The Labute approximate surface area is 184 Å². The predicted molar refractivity (Wildman–Crippen MR) is 123 cm³/mol. The maximum absolute atomic E-state index is 12.5. The number of carbonyl (C=O) groups excluding carboxylic acids is 1. The van der Waals surface area contributed by atoms with Crippen molar-refractivity contribution in [2.75, 3.05) is 22.9 Å². The first-order valence-corrected chi connectivity index (χ1v) is 10.3. The van der Waals surface area contributed by atoms with E-state index in [1.807, 2.05) is 28.8 Å². The smallest absolute Gasteiger partial charge is 0.255 e. The topological polar surface area (TPSA) is 111 Å². The molecule has 2 heterocycles. The number of halogens is 1. The van der Waals surface area contributed by atoms with Crippen LogP contribution < -0.4 is 16.4 Å². The Morgan fingerprint density at radius 3 is 2.65 bits per heavy atom. The molecule has 0 spiro atoms. The second-order valence-electron chi connectivity index (χ2n) is 7.05. The van der Waals surface area contributed by atoms with Gasteiger partial charge in [-0.15, -0.1) is 0 Å². The van der Waals surface area contributed by atoms with Crippen molar-refractivity contribution in [2.24, 2.45) is 0 Å². The highest BCUT2D eigenvalue weighted by atomic mass is 35.5. The average Bonchev–Trinajstić information content (AvgIpc) is 3.16. The van der Waals surface area contributed by atoms with Crippen LogP contribution in [0.2, 0.25) is 5.28 Å². The average molecular weight is 436 g/mol. The number of fused-ring (bicyclic) bond motifs is 1. The summed E-state index contributed by atoms with van der Waals surface area (Å²) in [4.78, 5) is 25.5. The molecule has 1 amide bonds. The van der Waals surface area contributed by atoms with Crippen LogP contribution in [-0.2, 0) is 6.54 Å². The third-order valence-electron chi connectivity index (χ3n) is 4.76. The Kier molecular flexibility index (Phi) is 5.99. The molecule has 9 heteroatoms. The molecule has 0 atom stereocenters. The number of para-hydroxylation sites is 2. The molecule has 0 fully saturated rings. The molecule has 31 heavy (non-hydrogen) atoms. The fourth-order valence-corrected chi connectivity index (χ4v) is 3.33. The Bertz CT molecular complexity index is 1220. The summed E-state index contributed by atoms with van der Waals surface area (Å²) >= 11 is 6.11. The highest BCUT2D eigenvalue weighted by Gasteiger charge is 2.13. The molecule has 158 valence electrons. The number of nitrogens with two attached hydrogens (primary N) is 1. The molecule has 0 aliphatic carbocycles. The molecule has 8 nitrogen and oxygen atoms in total. The van der Waals surface area contributed by atoms with E-state index in [0.29, 0.717) is 40.5 Å². The quantitative estimate of drug-likeness (QED) is 0.296. The molecule has 2 aromatic carbocycles. The van der Waals surface area contributed by atoms with Crippen molar-refractivity contribution < 1.29 is 4.79 Å². The first-order chi connectivity index (χ1) is 15.0. The van der Waals surface area contributed by atoms with Crippen molar-refractivity contribution in [3.63, 3.8) is 0 Å². The van der Waals surface area contributed by atoms with E-state index in [0.717, 1.165) is 18.5 Å². The number of nitrogen functional groups attached to an aromatic ring is 1. The number of hydrogen-bond donors (Lipinski definition) is 3. The summed E-state index contributed by atoms with van der Waals surface area (Å²) in [6, 6.07) is 14.5. The van der Waals surface area contributed by atoms with Gasteiger partial charge in [0.05, 0.1) is 24.2 Å². The summed E-state index contributed by atoms with van der Waals surface area (Å²) in [5.74, 6) is 0.409. The van der Waals surface area contributed by atoms with Crippen molar-refractivity contribution in [3.05, 3.63) is 71.3 Å². The van der Waals surface area contributed by atoms with Gasteiger partial charge in [-0.1, -0.05) is 31.2 Å². The number of rotatable bonds is 7. The van der Waals surface area contributed by atoms with E-state index >= 15 is 0 Å². The van der Waals surface area contributed by atoms with E-state index in [1.165, 1.54) is 0 Å². The highest BCUT2D eigenvalue weighted by molar-refractivity contribution is 6.28. The zero-order chi connectivity index (χ0) is 21.8. The van der Waals surface area contributed by atoms with E-state index in [2.05, 4.69) is 32.5 Å². The number of hydrogen-bond acceptors (Lipinski definition) is 6. The largest absolute Gasteiger partial charge is 0.397 e. The van der Waals surface area contributed by atoms with Crippen molar-refractivity contribution in [3.8, 4) is 0 Å². The minimum atomic E-state index is -0.219. The number of carbonyl (C=O) groups is 1. The highest BCUT2D eigenvalue weighted by Crippen LogP contribution is 2.22. The van der Waals surface area contributed by atoms with Crippen molar-refractivity contribution in [1.82, 2.24) is 19.5 Å². The van der Waals surface area contributed by atoms with Crippen LogP contribution in [-0.4, -0.2) is 32.0 Å². The lowest BCUT2D eigenvalue weighted by molar-refractivity contribution is 0.102. The van der Waals surface area contributed by atoms with Gasteiger partial charge in [0.1, 0.15) is 0 Å². The number of nitrogens with zero attached hydrogens (tertiary/aromatic N) is 4. The molecule has 0 aliphatic rings. The monoisotopic (exact) mass is 435 g/mol. The predicted octanol–water partition coefficient (Wildman–Crippen LogP) is 4.18. The summed E-state index contributed by atoms with van der Waals surface area (Å²) < 4.78 is 1.90. The standard InChI is InChI=1S/C22H22ClN7O/c1-2-11-25-19-18-20(29-22(23)28-19)30(13-26-18)12-14-7-9-15(10-8-14)21(31)27-17-6-4-3-5-16(17)24/h3-10,13H,2,11-12,24H2,1H3,(H,27,31)(H,25,28,29). The van der Waals surface area contributed by atoms with Crippen LogP contribution in [0, 0.1) is 0 Å². The van der Waals surface area contributed by atoms with E-state index in [4.69, 9.17) is 17.3 Å². The van der Waals surface area contributed by atoms with Crippen LogP contribution in [0.4, 0.5) is 17.2 Å². The SMILES string of the molecule is CCCNc1nc(Cl)nc2c1ncn2Cc1ccc(C(=O)Nc2ccccc2N)cc1. The maximum Gasteiger partial charge on any atom is 0.255 e. The molecule has 0 radical (unpaired) electrons. The molecule has 4 rings (SSSR count). The summed E-state index contributed by atoms with van der Waals surface area (Å²) in [6.07, 6.45) is 2.67. The Morgan fingerprint density at radius 2 is 1.90 bits per heavy atom. The Hall–Kier alpha value is -3.65. The van der Waals surface area contributed by atoms with Gasteiger partial charge in [0.15, 0.2) is 17.0 Å². The molecular weight excluding hydrogens is 414 g/mol. The van der Waals surface area contributed by atoms with Crippen LogP contribution in [0.5, 0.6) is 0 Å². The number of aromatic nitrogens is 4. The second kappa shape index (κ2) is 9.01. The van der Waals surface area contributed by atoms with Gasteiger partial charge in [-0.2, -0.15) is 9.97 Å². The van der Waals surface area contributed by atoms with Gasteiger partial charge in [0, 0.05) is 12.1 Å². The van der Waals surface area contributed by atoms with Crippen LogP contribution in [0.1, 0.15) is 29.3 Å². The normalized spacial score (nSPS) is 10.9. The lowest BCUT2D eigenvalue weighted by Crippen LogP contribution is -2.13. The minimum Gasteiger partial charge on any atom is -0.397 e. The fraction of sp³-hybridized carbons (Fsp3) is 0.182. The molecule has 0 unspecified atom stereocenters. The van der Waals surface area contributed by atoms with E-state index in [1.54, 1.807) is 30.6 Å². The van der Waals surface area contributed by atoms with E-state index < -0.39 is 0 Å². The molecule has 0 bridgehead atoms. The third-order valence-corrected chi connectivity index (χ3v) is 4.93. The fourth-order valence-electron chi connectivity index (χ4n) is 3.16. The third kappa shape index (κ3) is 4.59. The number of imidazole rings is 1. The van der Waals surface area contributed by atoms with Crippen LogP contribution in [0.15, 0.2) is 54.9 Å². The number of benzene rings is 2. The molecule has 0 aliphatic heterocycles. The second-order valence-corrected chi connectivity index (χ2v) is 7.39. The molecular formula is C22H22ClN7O. The van der Waals surface area contributed by atoms with Crippen LogP contribution >= 0.6 is 11.6 Å². The lowest BCUT2D eigenvalue weighted by Gasteiger charge is -2.09. The van der Waals surface area contributed by atoms with Gasteiger partial charge in [-0.3, -0.25) is 4.79 Å². The lowest BCUT2D eigenvalue weighted by atomic mass is 10.1. The Balaban J connectivity index is 1.51. The number of nitrogens with one attached hydrogen (secondary N) is 2. The van der Waals surface area contributed by atoms with E-state index in [-0.39, 0.29) is 11.2 Å². The molecule has 4 N–H and O–H groups in total. The molecule has 2 aromatic heterocycles. The summed E-state index contributed by atoms with van der Waals surface area (Å²) in [5.41, 5.74) is 9.86. The van der Waals surface area contributed by atoms with E-state index in [9.17, 15) is 4.79 Å². The molecule has 0 saturated carbocycles. The summed E-state index contributed by atoms with van der Waals surface area (Å²) in [6.45, 7) is 3.38. The first kappa shape index (κ1) is 20.6.